The molecular formula is C26H34F2N2O. The summed E-state index contributed by atoms with van der Waals surface area (Å²) in [4.78, 5) is 18.1. The number of nitrogens with two attached hydrogens (primary N) is 1. The van der Waals surface area contributed by atoms with Gasteiger partial charge < -0.3 is 5.73 Å². The van der Waals surface area contributed by atoms with E-state index in [-0.39, 0.29) is 17.2 Å². The van der Waals surface area contributed by atoms with E-state index in [9.17, 15) is 13.6 Å². The molecule has 0 aromatic heterocycles. The molecule has 0 heterocycles. The molecule has 4 saturated carbocycles. The molecule has 0 aliphatic heterocycles. The second kappa shape index (κ2) is 7.75. The van der Waals surface area contributed by atoms with Crippen LogP contribution in [0.4, 0.5) is 8.78 Å². The summed E-state index contributed by atoms with van der Waals surface area (Å²) >= 11 is 0. The van der Waals surface area contributed by atoms with E-state index in [4.69, 9.17) is 5.73 Å². The number of nitrogens with zero attached hydrogens (tertiary/aromatic N) is 1. The Hall–Kier alpha value is -1.62. The van der Waals surface area contributed by atoms with Crippen molar-refractivity contribution >= 4 is 12.1 Å². The van der Waals surface area contributed by atoms with Gasteiger partial charge in [0.05, 0.1) is 5.41 Å². The minimum absolute atomic E-state index is 0.124. The van der Waals surface area contributed by atoms with E-state index in [0.717, 1.165) is 38.6 Å². The molecule has 1 aromatic carbocycles. The van der Waals surface area contributed by atoms with E-state index in [1.54, 1.807) is 0 Å². The first-order valence-corrected chi connectivity index (χ1v) is 12.1. The maximum Gasteiger partial charge on any atom is 0.251 e. The Morgan fingerprint density at radius 2 is 1.81 bits per heavy atom. The number of amides is 1. The van der Waals surface area contributed by atoms with Crippen LogP contribution in [0.5, 0.6) is 0 Å². The van der Waals surface area contributed by atoms with Gasteiger partial charge >= 0.3 is 0 Å². The molecule has 1 amide bonds. The zero-order valence-electron chi connectivity index (χ0n) is 18.2. The number of rotatable bonds is 5. The maximum atomic E-state index is 14.4. The molecule has 4 atom stereocenters. The van der Waals surface area contributed by atoms with Gasteiger partial charge in [0.1, 0.15) is 0 Å². The van der Waals surface area contributed by atoms with Gasteiger partial charge in [0, 0.05) is 11.6 Å². The number of aliphatic imine (C=N–C) groups is 1. The lowest BCUT2D eigenvalue weighted by atomic mass is 9.61. The van der Waals surface area contributed by atoms with Crippen LogP contribution in [0.25, 0.3) is 0 Å². The van der Waals surface area contributed by atoms with Gasteiger partial charge in [-0.1, -0.05) is 30.3 Å². The normalized spacial score (nSPS) is 41.9. The number of halogens is 2. The SMILES string of the molecule is NCC1CCC(/C=N/C(=O)C23CCC4(C(F)F)CCC(c5ccccc5)(CC24)C3)CC1. The third-order valence-corrected chi connectivity index (χ3v) is 9.59. The first kappa shape index (κ1) is 21.2. The van der Waals surface area contributed by atoms with Crippen LogP contribution in [-0.2, 0) is 10.2 Å². The standard InChI is InChI=1S/C26H34F2N2O/c27-22(28)25-11-10-24(20-4-2-1-3-5-20)14-21(25)26(17-24,13-12-25)23(31)30-16-19-8-6-18(15-29)7-9-19/h1-5,16,18-19,21-22H,6-15,17,29H2/b30-16+. The molecule has 5 heteroatoms. The lowest BCUT2D eigenvalue weighted by molar-refractivity contribution is -0.131. The molecule has 5 rings (SSSR count). The van der Waals surface area contributed by atoms with Gasteiger partial charge in [0.25, 0.3) is 5.91 Å². The highest BCUT2D eigenvalue weighted by Gasteiger charge is 2.72. The van der Waals surface area contributed by atoms with Gasteiger partial charge in [0.2, 0.25) is 6.43 Å². The smallest absolute Gasteiger partial charge is 0.251 e. The molecule has 31 heavy (non-hydrogen) atoms. The number of alkyl halides is 2. The summed E-state index contributed by atoms with van der Waals surface area (Å²) in [7, 11) is 0. The highest BCUT2D eigenvalue weighted by atomic mass is 19.3. The summed E-state index contributed by atoms with van der Waals surface area (Å²) < 4.78 is 28.8. The molecule has 0 spiro atoms. The van der Waals surface area contributed by atoms with Crippen molar-refractivity contribution in [2.24, 2.45) is 39.3 Å². The Balaban J connectivity index is 1.43. The summed E-state index contributed by atoms with van der Waals surface area (Å²) in [5.41, 5.74) is 5.13. The fraction of sp³-hybridized carbons (Fsp3) is 0.692. The largest absolute Gasteiger partial charge is 0.330 e. The van der Waals surface area contributed by atoms with Crippen molar-refractivity contribution in [3.8, 4) is 0 Å². The van der Waals surface area contributed by atoms with Gasteiger partial charge in [-0.15, -0.1) is 0 Å². The summed E-state index contributed by atoms with van der Waals surface area (Å²) in [6.45, 7) is 0.727. The topological polar surface area (TPSA) is 55.4 Å². The van der Waals surface area contributed by atoms with Crippen molar-refractivity contribution in [3.05, 3.63) is 35.9 Å². The lowest BCUT2D eigenvalue weighted by Crippen LogP contribution is -2.42. The number of benzene rings is 1. The van der Waals surface area contributed by atoms with Crippen molar-refractivity contribution in [3.63, 3.8) is 0 Å². The molecule has 0 radical (unpaired) electrons. The van der Waals surface area contributed by atoms with Crippen molar-refractivity contribution in [1.29, 1.82) is 0 Å². The van der Waals surface area contributed by atoms with E-state index >= 15 is 0 Å². The second-order valence-corrected chi connectivity index (χ2v) is 10.9. The van der Waals surface area contributed by atoms with Crippen molar-refractivity contribution in [2.75, 3.05) is 6.54 Å². The third kappa shape index (κ3) is 3.21. The van der Waals surface area contributed by atoms with Crippen LogP contribution in [0, 0.1) is 28.6 Å². The summed E-state index contributed by atoms with van der Waals surface area (Å²) in [5, 5.41) is 0. The summed E-state index contributed by atoms with van der Waals surface area (Å²) in [6.07, 6.45) is 7.36. The Morgan fingerprint density at radius 1 is 1.10 bits per heavy atom. The zero-order valence-corrected chi connectivity index (χ0v) is 18.2. The van der Waals surface area contributed by atoms with E-state index in [1.807, 2.05) is 24.4 Å². The predicted octanol–water partition coefficient (Wildman–Crippen LogP) is 5.52. The minimum Gasteiger partial charge on any atom is -0.330 e. The van der Waals surface area contributed by atoms with Gasteiger partial charge in [-0.05, 0) is 99.5 Å². The highest BCUT2D eigenvalue weighted by Crippen LogP contribution is 2.74. The average molecular weight is 429 g/mol. The number of fused-ring (bicyclic) bond motifs is 1. The van der Waals surface area contributed by atoms with E-state index in [0.29, 0.717) is 43.9 Å². The van der Waals surface area contributed by atoms with Crippen LogP contribution < -0.4 is 5.73 Å². The Labute approximate surface area is 183 Å². The molecule has 4 aliphatic rings. The van der Waals surface area contributed by atoms with E-state index < -0.39 is 17.3 Å². The molecule has 4 fully saturated rings. The minimum atomic E-state index is -2.37. The predicted molar refractivity (Wildman–Crippen MR) is 118 cm³/mol. The zero-order chi connectivity index (χ0) is 21.7. The van der Waals surface area contributed by atoms with Crippen LogP contribution in [0.2, 0.25) is 0 Å². The fourth-order valence-electron chi connectivity index (χ4n) is 7.73. The van der Waals surface area contributed by atoms with Crippen molar-refractivity contribution in [2.45, 2.75) is 76.0 Å². The first-order chi connectivity index (χ1) is 14.9. The van der Waals surface area contributed by atoms with Crippen molar-refractivity contribution in [1.82, 2.24) is 0 Å². The van der Waals surface area contributed by atoms with Crippen LogP contribution in [0.1, 0.15) is 69.8 Å². The summed E-state index contributed by atoms with van der Waals surface area (Å²) in [5.74, 6) is 0.515. The van der Waals surface area contributed by atoms with Crippen LogP contribution >= 0.6 is 0 Å². The van der Waals surface area contributed by atoms with Gasteiger partial charge in [-0.25, -0.2) is 13.8 Å². The first-order valence-electron chi connectivity index (χ1n) is 12.1. The van der Waals surface area contributed by atoms with Crippen LogP contribution in [0.3, 0.4) is 0 Å². The Morgan fingerprint density at radius 3 is 2.48 bits per heavy atom. The van der Waals surface area contributed by atoms with Crippen molar-refractivity contribution < 1.29 is 13.6 Å². The molecule has 0 saturated heterocycles. The maximum absolute atomic E-state index is 14.4. The molecule has 2 bridgehead atoms. The number of hydrogen-bond donors (Lipinski definition) is 1. The highest BCUT2D eigenvalue weighted by molar-refractivity contribution is 5.91. The molecule has 4 unspecified atom stereocenters. The molecule has 1 aromatic rings. The van der Waals surface area contributed by atoms with Gasteiger partial charge in [-0.2, -0.15) is 0 Å². The average Bonchev–Trinajstić information content (AvgIpc) is 3.28. The molecule has 2 N–H and O–H groups in total. The van der Waals surface area contributed by atoms with Crippen LogP contribution in [-0.4, -0.2) is 25.1 Å². The molecular weight excluding hydrogens is 394 g/mol. The van der Waals surface area contributed by atoms with Gasteiger partial charge in [-0.3, -0.25) is 4.79 Å². The molecule has 4 aliphatic carbocycles. The number of hydrogen-bond acceptors (Lipinski definition) is 2. The number of carbonyl (C=O) groups excluding carboxylic acids is 1. The monoisotopic (exact) mass is 428 g/mol. The quantitative estimate of drug-likeness (QED) is 0.628. The third-order valence-electron chi connectivity index (χ3n) is 9.59. The fourth-order valence-corrected chi connectivity index (χ4v) is 7.73. The van der Waals surface area contributed by atoms with Crippen LogP contribution in [0.15, 0.2) is 35.3 Å². The second-order valence-electron chi connectivity index (χ2n) is 10.9. The summed E-state index contributed by atoms with van der Waals surface area (Å²) in [6, 6.07) is 10.3. The number of carbonyl (C=O) groups is 1. The Kier molecular flexibility index (Phi) is 5.31. The van der Waals surface area contributed by atoms with E-state index in [2.05, 4.69) is 17.1 Å². The molecule has 3 nitrogen and oxygen atoms in total. The molecule has 168 valence electrons. The van der Waals surface area contributed by atoms with Gasteiger partial charge in [0.15, 0.2) is 0 Å². The lowest BCUT2D eigenvalue weighted by Gasteiger charge is -2.44. The van der Waals surface area contributed by atoms with E-state index in [1.165, 1.54) is 5.56 Å². The Bertz CT molecular complexity index is 850.